The first kappa shape index (κ1) is 19.8. The molecule has 5 aromatic rings. The Morgan fingerprint density at radius 3 is 2.00 bits per heavy atom. The second-order valence-electron chi connectivity index (χ2n) is 9.38. The lowest BCUT2D eigenvalue weighted by Crippen LogP contribution is -2.25. The molecule has 2 nitrogen and oxygen atoms in total. The number of nitrogens with zero attached hydrogens (tertiary/aromatic N) is 1. The molecule has 2 heteroatoms. The average Bonchev–Trinajstić information content (AvgIpc) is 3.10. The van der Waals surface area contributed by atoms with Crippen LogP contribution < -0.4 is 10.9 Å². The maximum Gasteiger partial charge on any atom is 0.0578 e. The zero-order chi connectivity index (χ0) is 22.6. The molecule has 0 unspecified atom stereocenters. The zero-order valence-electron chi connectivity index (χ0n) is 18.9. The van der Waals surface area contributed by atoms with E-state index >= 15 is 0 Å². The monoisotopic (exact) mass is 426 g/mol. The van der Waals surface area contributed by atoms with Gasteiger partial charge in [-0.15, -0.1) is 0 Å². The molecule has 0 saturated carbocycles. The van der Waals surface area contributed by atoms with Gasteiger partial charge in [-0.1, -0.05) is 92.7 Å². The summed E-state index contributed by atoms with van der Waals surface area (Å²) in [5.41, 5.74) is 9.64. The van der Waals surface area contributed by atoms with Crippen molar-refractivity contribution in [2.75, 3.05) is 5.01 Å². The van der Waals surface area contributed by atoms with Gasteiger partial charge < -0.3 is 0 Å². The van der Waals surface area contributed by atoms with Crippen LogP contribution in [0, 0.1) is 0 Å². The van der Waals surface area contributed by atoms with Gasteiger partial charge in [0, 0.05) is 5.41 Å². The highest BCUT2D eigenvalue weighted by molar-refractivity contribution is 5.88. The molecule has 0 spiro atoms. The fourth-order valence-corrected chi connectivity index (χ4v) is 5.17. The van der Waals surface area contributed by atoms with Crippen molar-refractivity contribution in [3.05, 3.63) is 120 Å². The number of anilines is 2. The van der Waals surface area contributed by atoms with E-state index in [-0.39, 0.29) is 5.41 Å². The molecule has 1 aliphatic rings. The first-order chi connectivity index (χ1) is 16.0. The van der Waals surface area contributed by atoms with Crippen molar-refractivity contribution in [3.8, 4) is 22.3 Å². The Morgan fingerprint density at radius 1 is 0.545 bits per heavy atom. The van der Waals surface area contributed by atoms with Gasteiger partial charge in [-0.05, 0) is 74.5 Å². The van der Waals surface area contributed by atoms with Gasteiger partial charge in [-0.2, -0.15) is 0 Å². The molecule has 0 heterocycles. The summed E-state index contributed by atoms with van der Waals surface area (Å²) >= 11 is 0. The van der Waals surface area contributed by atoms with Crippen molar-refractivity contribution < 1.29 is 0 Å². The van der Waals surface area contributed by atoms with E-state index in [1.54, 1.807) is 5.01 Å². The molecule has 0 radical (unpaired) electrons. The van der Waals surface area contributed by atoms with E-state index in [2.05, 4.69) is 123 Å². The molecular formula is C31H26N2. The Morgan fingerprint density at radius 2 is 1.18 bits per heavy atom. The van der Waals surface area contributed by atoms with Crippen molar-refractivity contribution in [3.63, 3.8) is 0 Å². The second-order valence-corrected chi connectivity index (χ2v) is 9.38. The Bertz CT molecular complexity index is 1500. The number of rotatable bonds is 3. The van der Waals surface area contributed by atoms with Gasteiger partial charge in [-0.3, -0.25) is 5.01 Å². The summed E-state index contributed by atoms with van der Waals surface area (Å²) in [5.74, 6) is 6.60. The minimum Gasteiger partial charge on any atom is -0.280 e. The molecule has 0 fully saturated rings. The third-order valence-corrected chi connectivity index (χ3v) is 7.07. The predicted octanol–water partition coefficient (Wildman–Crippen LogP) is 7.82. The van der Waals surface area contributed by atoms with Crippen molar-refractivity contribution in [2.45, 2.75) is 19.3 Å². The van der Waals surface area contributed by atoms with Crippen LogP contribution in [0.1, 0.15) is 25.0 Å². The second kappa shape index (κ2) is 7.33. The third kappa shape index (κ3) is 3.14. The van der Waals surface area contributed by atoms with Crippen LogP contribution >= 0.6 is 0 Å². The quantitative estimate of drug-likeness (QED) is 0.235. The molecule has 6 rings (SSSR count). The maximum atomic E-state index is 6.60. The van der Waals surface area contributed by atoms with Gasteiger partial charge in [-0.25, -0.2) is 5.84 Å². The number of nitrogens with two attached hydrogens (primary N) is 1. The van der Waals surface area contributed by atoms with Crippen LogP contribution in [0.2, 0.25) is 0 Å². The average molecular weight is 427 g/mol. The van der Waals surface area contributed by atoms with Crippen LogP contribution in [0.15, 0.2) is 109 Å². The molecule has 2 N–H and O–H groups in total. The van der Waals surface area contributed by atoms with Crippen LogP contribution in [0.4, 0.5) is 11.4 Å². The number of hydrogen-bond donors (Lipinski definition) is 1. The smallest absolute Gasteiger partial charge is 0.0578 e. The lowest BCUT2D eigenvalue weighted by Gasteiger charge is -2.24. The zero-order valence-corrected chi connectivity index (χ0v) is 18.9. The van der Waals surface area contributed by atoms with Gasteiger partial charge in [0.25, 0.3) is 0 Å². The van der Waals surface area contributed by atoms with E-state index < -0.39 is 0 Å². The van der Waals surface area contributed by atoms with Crippen molar-refractivity contribution >= 4 is 22.1 Å². The highest BCUT2D eigenvalue weighted by atomic mass is 15.4. The minimum absolute atomic E-state index is 0.0390. The van der Waals surface area contributed by atoms with E-state index in [1.807, 2.05) is 0 Å². The molecule has 0 bridgehead atoms. The van der Waals surface area contributed by atoms with Gasteiger partial charge in [0.1, 0.15) is 0 Å². The van der Waals surface area contributed by atoms with Gasteiger partial charge in [0.2, 0.25) is 0 Å². The molecule has 0 saturated heterocycles. The topological polar surface area (TPSA) is 29.3 Å². The first-order valence-electron chi connectivity index (χ1n) is 11.4. The number of benzene rings is 5. The predicted molar refractivity (Wildman–Crippen MR) is 140 cm³/mol. The Kier molecular flexibility index (Phi) is 4.39. The standard InChI is InChI=1S/C31H26N2/c1-31(2)29-10-6-5-9-27(29)28-18-17-26(20-30(28)31)33(32)25-15-13-22(14-16-25)24-12-11-21-7-3-4-8-23(21)19-24/h3-20H,32H2,1-2H3. The number of hydrogen-bond acceptors (Lipinski definition) is 2. The van der Waals surface area contributed by atoms with Crippen LogP contribution in [-0.2, 0) is 5.41 Å². The lowest BCUT2D eigenvalue weighted by atomic mass is 9.82. The van der Waals surface area contributed by atoms with E-state index in [1.165, 1.54) is 44.2 Å². The number of hydrazine groups is 1. The molecular weight excluding hydrogens is 400 g/mol. The molecule has 5 aromatic carbocycles. The largest absolute Gasteiger partial charge is 0.280 e. The van der Waals surface area contributed by atoms with Crippen LogP contribution in [0.25, 0.3) is 33.0 Å². The van der Waals surface area contributed by atoms with Gasteiger partial charge in [0.15, 0.2) is 0 Å². The highest BCUT2D eigenvalue weighted by Crippen LogP contribution is 2.49. The van der Waals surface area contributed by atoms with Gasteiger partial charge in [0.05, 0.1) is 11.4 Å². The molecule has 160 valence electrons. The summed E-state index contributed by atoms with van der Waals surface area (Å²) < 4.78 is 0. The fraction of sp³-hybridized carbons (Fsp3) is 0.0968. The number of fused-ring (bicyclic) bond motifs is 4. The fourth-order valence-electron chi connectivity index (χ4n) is 5.17. The van der Waals surface area contributed by atoms with E-state index in [9.17, 15) is 0 Å². The van der Waals surface area contributed by atoms with Crippen LogP contribution in [0.3, 0.4) is 0 Å². The van der Waals surface area contributed by atoms with Crippen molar-refractivity contribution in [1.29, 1.82) is 0 Å². The SMILES string of the molecule is CC1(C)c2ccccc2-c2ccc(N(N)c3ccc(-c4ccc5ccccc5c4)cc3)cc21. The summed E-state index contributed by atoms with van der Waals surface area (Å²) in [7, 11) is 0. The van der Waals surface area contributed by atoms with Crippen molar-refractivity contribution in [2.24, 2.45) is 5.84 Å². The van der Waals surface area contributed by atoms with E-state index in [0.29, 0.717) is 0 Å². The molecule has 0 aliphatic heterocycles. The molecule has 0 atom stereocenters. The molecule has 0 aromatic heterocycles. The molecule has 1 aliphatic carbocycles. The first-order valence-corrected chi connectivity index (χ1v) is 11.4. The van der Waals surface area contributed by atoms with E-state index in [4.69, 9.17) is 5.84 Å². The summed E-state index contributed by atoms with van der Waals surface area (Å²) in [6.45, 7) is 4.58. The van der Waals surface area contributed by atoms with Gasteiger partial charge >= 0.3 is 0 Å². The lowest BCUT2D eigenvalue weighted by molar-refractivity contribution is 0.660. The Labute approximate surface area is 194 Å². The Hall–Kier alpha value is -3.88. The highest BCUT2D eigenvalue weighted by Gasteiger charge is 2.35. The van der Waals surface area contributed by atoms with Crippen molar-refractivity contribution in [1.82, 2.24) is 0 Å². The van der Waals surface area contributed by atoms with Crippen LogP contribution in [0.5, 0.6) is 0 Å². The summed E-state index contributed by atoms with van der Waals surface area (Å²) in [6.07, 6.45) is 0. The molecule has 33 heavy (non-hydrogen) atoms. The summed E-state index contributed by atoms with van der Waals surface area (Å²) in [6, 6.07) is 38.8. The normalized spacial score (nSPS) is 13.5. The van der Waals surface area contributed by atoms with Crippen LogP contribution in [-0.4, -0.2) is 0 Å². The third-order valence-electron chi connectivity index (χ3n) is 7.07. The molecule has 0 amide bonds. The maximum absolute atomic E-state index is 6.60. The van der Waals surface area contributed by atoms with E-state index in [0.717, 1.165) is 11.4 Å². The summed E-state index contributed by atoms with van der Waals surface area (Å²) in [5, 5.41) is 4.29. The summed E-state index contributed by atoms with van der Waals surface area (Å²) in [4.78, 5) is 0. The Balaban J connectivity index is 1.32. The minimum atomic E-state index is -0.0390.